The van der Waals surface area contributed by atoms with Crippen LogP contribution in [0.4, 0.5) is 6.01 Å². The molecule has 0 aliphatic carbocycles. The van der Waals surface area contributed by atoms with Gasteiger partial charge in [0.05, 0.1) is 14.2 Å². The predicted octanol–water partition coefficient (Wildman–Crippen LogP) is 3.69. The molecule has 1 unspecified atom stereocenters. The third-order valence-electron chi connectivity index (χ3n) is 4.59. The number of hydrogen-bond donors (Lipinski definition) is 1. The highest BCUT2D eigenvalue weighted by molar-refractivity contribution is 5.58. The van der Waals surface area contributed by atoms with Crippen LogP contribution >= 0.6 is 0 Å². The zero-order valence-electron chi connectivity index (χ0n) is 16.4. The molecule has 2 aromatic carbocycles. The normalized spacial score (nSPS) is 11.8. The van der Waals surface area contributed by atoms with Gasteiger partial charge >= 0.3 is 6.01 Å². The number of imidazole rings is 1. The summed E-state index contributed by atoms with van der Waals surface area (Å²) in [6.07, 6.45) is 3.63. The third kappa shape index (κ3) is 3.77. The Morgan fingerprint density at radius 2 is 1.93 bits per heavy atom. The fourth-order valence-electron chi connectivity index (χ4n) is 3.13. The van der Waals surface area contributed by atoms with Gasteiger partial charge in [0.2, 0.25) is 5.82 Å². The van der Waals surface area contributed by atoms with Gasteiger partial charge in [0.15, 0.2) is 0 Å². The molecule has 2 aromatic heterocycles. The number of para-hydroxylation sites is 1. The second kappa shape index (κ2) is 8.05. The van der Waals surface area contributed by atoms with E-state index in [2.05, 4.69) is 20.4 Å². The molecule has 2 heterocycles. The molecule has 0 saturated heterocycles. The van der Waals surface area contributed by atoms with E-state index < -0.39 is 0 Å². The van der Waals surface area contributed by atoms with Crippen molar-refractivity contribution in [1.29, 1.82) is 0 Å². The topological polar surface area (TPSA) is 87.2 Å². The zero-order valence-corrected chi connectivity index (χ0v) is 16.4. The van der Waals surface area contributed by atoms with E-state index in [4.69, 9.17) is 14.0 Å². The second-order valence-corrected chi connectivity index (χ2v) is 6.37. The molecule has 148 valence electrons. The van der Waals surface area contributed by atoms with Crippen molar-refractivity contribution in [3.8, 4) is 22.9 Å². The fraction of sp³-hybridized carbons (Fsp3) is 0.190. The van der Waals surface area contributed by atoms with Gasteiger partial charge in [-0.2, -0.15) is 4.98 Å². The van der Waals surface area contributed by atoms with Crippen molar-refractivity contribution in [2.75, 3.05) is 19.5 Å². The Morgan fingerprint density at radius 3 is 2.69 bits per heavy atom. The Bertz CT molecular complexity index is 1100. The Labute approximate surface area is 168 Å². The molecule has 0 bridgehead atoms. The van der Waals surface area contributed by atoms with E-state index in [1.165, 1.54) is 0 Å². The lowest BCUT2D eigenvalue weighted by Gasteiger charge is -2.19. The van der Waals surface area contributed by atoms with Crippen LogP contribution in [0.3, 0.4) is 0 Å². The standard InChI is InChI=1S/C21H21N5O3/c1-26-12-11-22-20(26)18(16-9-4-5-10-17(16)28-3)23-21-24-19(25-29-21)14-7-6-8-15(13-14)27-2/h4-13,18H,1-3H3,(H,23,24,25). The van der Waals surface area contributed by atoms with E-state index in [9.17, 15) is 0 Å². The Morgan fingerprint density at radius 1 is 1.07 bits per heavy atom. The van der Waals surface area contributed by atoms with Crippen LogP contribution in [0, 0.1) is 0 Å². The lowest BCUT2D eigenvalue weighted by molar-refractivity contribution is 0.405. The number of rotatable bonds is 7. The molecule has 8 nitrogen and oxygen atoms in total. The number of aryl methyl sites for hydroxylation is 1. The number of hydrogen-bond acceptors (Lipinski definition) is 7. The lowest BCUT2D eigenvalue weighted by atomic mass is 10.0. The summed E-state index contributed by atoms with van der Waals surface area (Å²) in [5.41, 5.74) is 1.71. The van der Waals surface area contributed by atoms with Crippen LogP contribution in [0.5, 0.6) is 11.5 Å². The number of aromatic nitrogens is 4. The smallest absolute Gasteiger partial charge is 0.322 e. The largest absolute Gasteiger partial charge is 0.497 e. The minimum absolute atomic E-state index is 0.279. The highest BCUT2D eigenvalue weighted by Crippen LogP contribution is 2.32. The summed E-state index contributed by atoms with van der Waals surface area (Å²) in [5, 5.41) is 7.39. The molecule has 1 atom stereocenters. The zero-order chi connectivity index (χ0) is 20.2. The van der Waals surface area contributed by atoms with E-state index >= 15 is 0 Å². The van der Waals surface area contributed by atoms with Gasteiger partial charge in [-0.25, -0.2) is 4.98 Å². The van der Waals surface area contributed by atoms with E-state index in [0.29, 0.717) is 5.82 Å². The van der Waals surface area contributed by atoms with Gasteiger partial charge < -0.3 is 23.9 Å². The quantitative estimate of drug-likeness (QED) is 0.514. The van der Waals surface area contributed by atoms with Crippen LogP contribution in [-0.4, -0.2) is 33.9 Å². The van der Waals surface area contributed by atoms with Crippen LogP contribution in [0.15, 0.2) is 65.4 Å². The average Bonchev–Trinajstić information content (AvgIpc) is 3.41. The summed E-state index contributed by atoms with van der Waals surface area (Å²) >= 11 is 0. The van der Waals surface area contributed by atoms with E-state index in [1.807, 2.05) is 66.3 Å². The molecule has 0 spiro atoms. The summed E-state index contributed by atoms with van der Waals surface area (Å²) in [6.45, 7) is 0. The van der Waals surface area contributed by atoms with E-state index in [-0.39, 0.29) is 12.1 Å². The monoisotopic (exact) mass is 391 g/mol. The second-order valence-electron chi connectivity index (χ2n) is 6.37. The van der Waals surface area contributed by atoms with Crippen LogP contribution in [0.1, 0.15) is 17.4 Å². The highest BCUT2D eigenvalue weighted by atomic mass is 16.5. The molecule has 0 aliphatic rings. The molecule has 29 heavy (non-hydrogen) atoms. The van der Waals surface area contributed by atoms with Crippen molar-refractivity contribution in [2.24, 2.45) is 7.05 Å². The van der Waals surface area contributed by atoms with Crippen molar-refractivity contribution in [1.82, 2.24) is 19.7 Å². The number of nitrogens with one attached hydrogen (secondary N) is 1. The molecule has 0 saturated carbocycles. The third-order valence-corrected chi connectivity index (χ3v) is 4.59. The Kier molecular flexibility index (Phi) is 5.15. The number of ether oxygens (including phenoxy) is 2. The molecule has 0 radical (unpaired) electrons. The van der Waals surface area contributed by atoms with Gasteiger partial charge in [-0.1, -0.05) is 35.5 Å². The van der Waals surface area contributed by atoms with Crippen LogP contribution in [0.2, 0.25) is 0 Å². The molecule has 0 aliphatic heterocycles. The average molecular weight is 391 g/mol. The SMILES string of the molecule is COc1cccc(-c2noc(NC(c3ccccc3OC)c3nccn3C)n2)c1. The maximum atomic E-state index is 5.54. The molecule has 0 amide bonds. The first-order chi connectivity index (χ1) is 14.2. The van der Waals surface area contributed by atoms with Crippen molar-refractivity contribution >= 4 is 6.01 Å². The van der Waals surface area contributed by atoms with Crippen LogP contribution in [-0.2, 0) is 7.05 Å². The van der Waals surface area contributed by atoms with Gasteiger partial charge in [0.1, 0.15) is 23.4 Å². The van der Waals surface area contributed by atoms with Crippen molar-refractivity contribution in [3.63, 3.8) is 0 Å². The molecule has 4 rings (SSSR count). The number of methoxy groups -OCH3 is 2. The summed E-state index contributed by atoms with van der Waals surface area (Å²) in [5.74, 6) is 2.71. The van der Waals surface area contributed by atoms with Gasteiger partial charge in [0, 0.05) is 30.6 Å². The first-order valence-electron chi connectivity index (χ1n) is 9.04. The van der Waals surface area contributed by atoms with Gasteiger partial charge in [-0.3, -0.25) is 0 Å². The lowest BCUT2D eigenvalue weighted by Crippen LogP contribution is -2.17. The summed E-state index contributed by atoms with van der Waals surface area (Å²) in [6, 6.07) is 15.2. The van der Waals surface area contributed by atoms with Gasteiger partial charge in [-0.05, 0) is 18.2 Å². The van der Waals surface area contributed by atoms with Crippen molar-refractivity contribution in [2.45, 2.75) is 6.04 Å². The number of benzene rings is 2. The van der Waals surface area contributed by atoms with Crippen molar-refractivity contribution in [3.05, 3.63) is 72.3 Å². The molecule has 8 heteroatoms. The van der Waals surface area contributed by atoms with E-state index in [0.717, 1.165) is 28.5 Å². The number of nitrogens with zero attached hydrogens (tertiary/aromatic N) is 4. The summed E-state index contributed by atoms with van der Waals surface area (Å²) < 4.78 is 18.2. The molecule has 1 N–H and O–H groups in total. The molecular weight excluding hydrogens is 370 g/mol. The van der Waals surface area contributed by atoms with Crippen molar-refractivity contribution < 1.29 is 14.0 Å². The first kappa shape index (κ1) is 18.5. The maximum absolute atomic E-state index is 5.54. The molecule has 0 fully saturated rings. The van der Waals surface area contributed by atoms with Gasteiger partial charge in [-0.15, -0.1) is 0 Å². The number of anilines is 1. The maximum Gasteiger partial charge on any atom is 0.322 e. The predicted molar refractivity (Wildman–Crippen MR) is 108 cm³/mol. The fourth-order valence-corrected chi connectivity index (χ4v) is 3.13. The minimum atomic E-state index is -0.343. The van der Waals surface area contributed by atoms with E-state index in [1.54, 1.807) is 20.4 Å². The summed E-state index contributed by atoms with van der Waals surface area (Å²) in [7, 11) is 5.19. The first-order valence-corrected chi connectivity index (χ1v) is 9.04. The summed E-state index contributed by atoms with van der Waals surface area (Å²) in [4.78, 5) is 8.98. The van der Waals surface area contributed by atoms with Gasteiger partial charge in [0.25, 0.3) is 0 Å². The highest BCUT2D eigenvalue weighted by Gasteiger charge is 2.24. The minimum Gasteiger partial charge on any atom is -0.497 e. The molecular formula is C21H21N5O3. The Hall–Kier alpha value is -3.81. The molecule has 4 aromatic rings. The Balaban J connectivity index is 1.69. The van der Waals surface area contributed by atoms with Crippen LogP contribution < -0.4 is 14.8 Å². The van der Waals surface area contributed by atoms with Crippen LogP contribution in [0.25, 0.3) is 11.4 Å².